The predicted molar refractivity (Wildman–Crippen MR) is 90.3 cm³/mol. The third-order valence-electron chi connectivity index (χ3n) is 3.97. The molecule has 2 aromatic heterocycles. The van der Waals surface area contributed by atoms with Gasteiger partial charge in [-0.1, -0.05) is 36.4 Å². The molecule has 4 aromatic rings. The van der Waals surface area contributed by atoms with Gasteiger partial charge in [0, 0.05) is 29.7 Å². The van der Waals surface area contributed by atoms with Crippen molar-refractivity contribution in [2.75, 3.05) is 0 Å². The number of fused-ring (bicyclic) bond motifs is 1. The zero-order valence-corrected chi connectivity index (χ0v) is 12.2. The van der Waals surface area contributed by atoms with Crippen LogP contribution in [0.2, 0.25) is 0 Å². The van der Waals surface area contributed by atoms with Gasteiger partial charge in [-0.3, -0.25) is 4.98 Å². The number of pyridine rings is 1. The first-order valence-corrected chi connectivity index (χ1v) is 7.45. The summed E-state index contributed by atoms with van der Waals surface area (Å²) in [6.45, 7) is 0. The first kappa shape index (κ1) is 12.8. The molecule has 2 aromatic carbocycles. The van der Waals surface area contributed by atoms with Crippen molar-refractivity contribution in [3.63, 3.8) is 0 Å². The molecule has 2 nitrogen and oxygen atoms in total. The minimum Gasteiger partial charge on any atom is -0.316 e. The molecule has 106 valence electrons. The first-order chi connectivity index (χ1) is 10.9. The van der Waals surface area contributed by atoms with Crippen LogP contribution in [-0.2, 0) is 6.42 Å². The highest BCUT2D eigenvalue weighted by Crippen LogP contribution is 2.26. The lowest BCUT2D eigenvalue weighted by atomic mass is 10.1. The Balaban J connectivity index is 1.86. The van der Waals surface area contributed by atoms with Gasteiger partial charge in [0.1, 0.15) is 0 Å². The van der Waals surface area contributed by atoms with Gasteiger partial charge in [-0.05, 0) is 47.9 Å². The van der Waals surface area contributed by atoms with E-state index in [1.54, 1.807) is 0 Å². The van der Waals surface area contributed by atoms with Crippen LogP contribution in [0.5, 0.6) is 0 Å². The fraction of sp³-hybridized carbons (Fsp3) is 0.0500. The average molecular weight is 284 g/mol. The predicted octanol–water partition coefficient (Wildman–Crippen LogP) is 4.62. The Kier molecular flexibility index (Phi) is 3.20. The fourth-order valence-corrected chi connectivity index (χ4v) is 2.91. The quantitative estimate of drug-likeness (QED) is 0.537. The standard InChI is InChI=1S/C20H16N2/c1-2-6-18(7-3-1)22-15-17(14-16-10-12-21-13-11-16)19-8-4-5-9-20(19)22/h1-13,15H,14H2. The molecule has 0 saturated heterocycles. The highest BCUT2D eigenvalue weighted by atomic mass is 15.0. The van der Waals surface area contributed by atoms with Gasteiger partial charge in [0.25, 0.3) is 0 Å². The van der Waals surface area contributed by atoms with E-state index in [2.05, 4.69) is 76.4 Å². The molecule has 0 aliphatic heterocycles. The lowest BCUT2D eigenvalue weighted by Gasteiger charge is -2.04. The summed E-state index contributed by atoms with van der Waals surface area (Å²) in [5.41, 5.74) is 5.06. The largest absolute Gasteiger partial charge is 0.316 e. The third-order valence-corrected chi connectivity index (χ3v) is 3.97. The second-order valence-electron chi connectivity index (χ2n) is 5.41. The van der Waals surface area contributed by atoms with Gasteiger partial charge in [0.05, 0.1) is 5.52 Å². The van der Waals surface area contributed by atoms with Crippen LogP contribution in [0.15, 0.2) is 85.3 Å². The molecular weight excluding hydrogens is 268 g/mol. The van der Waals surface area contributed by atoms with Crippen molar-refractivity contribution >= 4 is 10.9 Å². The van der Waals surface area contributed by atoms with Crippen LogP contribution in [0.3, 0.4) is 0 Å². The van der Waals surface area contributed by atoms with Crippen molar-refractivity contribution in [3.05, 3.63) is 96.4 Å². The maximum Gasteiger partial charge on any atom is 0.0531 e. The molecule has 22 heavy (non-hydrogen) atoms. The molecule has 0 unspecified atom stereocenters. The van der Waals surface area contributed by atoms with Gasteiger partial charge in [-0.15, -0.1) is 0 Å². The lowest BCUT2D eigenvalue weighted by molar-refractivity contribution is 1.09. The second kappa shape index (κ2) is 5.49. The molecule has 0 saturated carbocycles. The maximum atomic E-state index is 4.10. The van der Waals surface area contributed by atoms with Crippen LogP contribution < -0.4 is 0 Å². The monoisotopic (exact) mass is 284 g/mol. The normalized spacial score (nSPS) is 10.9. The number of hydrogen-bond donors (Lipinski definition) is 0. The topological polar surface area (TPSA) is 17.8 Å². The van der Waals surface area contributed by atoms with E-state index in [4.69, 9.17) is 0 Å². The average Bonchev–Trinajstić information content (AvgIpc) is 2.96. The summed E-state index contributed by atoms with van der Waals surface area (Å²) >= 11 is 0. The summed E-state index contributed by atoms with van der Waals surface area (Å²) in [4.78, 5) is 4.10. The number of rotatable bonds is 3. The van der Waals surface area contributed by atoms with Crippen molar-refractivity contribution in [1.82, 2.24) is 9.55 Å². The molecule has 0 spiro atoms. The first-order valence-electron chi connectivity index (χ1n) is 7.45. The minimum atomic E-state index is 0.920. The van der Waals surface area contributed by atoms with Crippen molar-refractivity contribution in [2.45, 2.75) is 6.42 Å². The number of hydrogen-bond acceptors (Lipinski definition) is 1. The smallest absolute Gasteiger partial charge is 0.0531 e. The zero-order chi connectivity index (χ0) is 14.8. The summed E-state index contributed by atoms with van der Waals surface area (Å²) in [5.74, 6) is 0. The molecule has 2 heteroatoms. The van der Waals surface area contributed by atoms with Crippen LogP contribution in [-0.4, -0.2) is 9.55 Å². The molecule has 0 aliphatic carbocycles. The Morgan fingerprint density at radius 3 is 2.32 bits per heavy atom. The van der Waals surface area contributed by atoms with E-state index in [-0.39, 0.29) is 0 Å². The number of nitrogens with zero attached hydrogens (tertiary/aromatic N) is 2. The van der Waals surface area contributed by atoms with Gasteiger partial charge in [-0.25, -0.2) is 0 Å². The summed E-state index contributed by atoms with van der Waals surface area (Å²) in [6.07, 6.45) is 6.88. The molecule has 0 atom stereocenters. The van der Waals surface area contributed by atoms with Crippen molar-refractivity contribution in [1.29, 1.82) is 0 Å². The molecule has 0 amide bonds. The Hall–Kier alpha value is -2.87. The molecule has 2 heterocycles. The molecule has 0 bridgehead atoms. The SMILES string of the molecule is c1ccc(-n2cc(Cc3ccncc3)c3ccccc32)cc1. The van der Waals surface area contributed by atoms with Crippen molar-refractivity contribution < 1.29 is 0 Å². The summed E-state index contributed by atoms with van der Waals surface area (Å²) in [6, 6.07) is 23.2. The molecule has 0 fully saturated rings. The molecular formula is C20H16N2. The summed E-state index contributed by atoms with van der Waals surface area (Å²) in [7, 11) is 0. The van der Waals surface area contributed by atoms with Crippen LogP contribution >= 0.6 is 0 Å². The van der Waals surface area contributed by atoms with Crippen LogP contribution in [0.25, 0.3) is 16.6 Å². The second-order valence-corrected chi connectivity index (χ2v) is 5.41. The van der Waals surface area contributed by atoms with Gasteiger partial charge in [-0.2, -0.15) is 0 Å². The number of para-hydroxylation sites is 2. The third kappa shape index (κ3) is 2.29. The van der Waals surface area contributed by atoms with E-state index in [0.29, 0.717) is 0 Å². The van der Waals surface area contributed by atoms with E-state index in [1.807, 2.05) is 18.5 Å². The molecule has 0 aliphatic rings. The Labute approximate surface area is 129 Å². The van der Waals surface area contributed by atoms with Crippen LogP contribution in [0, 0.1) is 0 Å². The lowest BCUT2D eigenvalue weighted by Crippen LogP contribution is -1.91. The van der Waals surface area contributed by atoms with Gasteiger partial charge < -0.3 is 4.57 Å². The fourth-order valence-electron chi connectivity index (χ4n) is 2.91. The van der Waals surface area contributed by atoms with Crippen molar-refractivity contribution in [3.8, 4) is 5.69 Å². The van der Waals surface area contributed by atoms with E-state index >= 15 is 0 Å². The highest BCUT2D eigenvalue weighted by Gasteiger charge is 2.09. The highest BCUT2D eigenvalue weighted by molar-refractivity contribution is 5.86. The van der Waals surface area contributed by atoms with Crippen LogP contribution in [0.4, 0.5) is 0 Å². The number of aromatic nitrogens is 2. The number of benzene rings is 2. The Morgan fingerprint density at radius 1 is 0.773 bits per heavy atom. The van der Waals surface area contributed by atoms with E-state index in [0.717, 1.165) is 6.42 Å². The molecule has 0 N–H and O–H groups in total. The summed E-state index contributed by atoms with van der Waals surface area (Å²) < 4.78 is 2.27. The molecule has 0 radical (unpaired) electrons. The van der Waals surface area contributed by atoms with Crippen molar-refractivity contribution in [2.24, 2.45) is 0 Å². The summed E-state index contributed by atoms with van der Waals surface area (Å²) in [5, 5.41) is 1.31. The van der Waals surface area contributed by atoms with Gasteiger partial charge in [0.15, 0.2) is 0 Å². The van der Waals surface area contributed by atoms with Crippen LogP contribution in [0.1, 0.15) is 11.1 Å². The minimum absolute atomic E-state index is 0.920. The Bertz CT molecular complexity index is 893. The zero-order valence-electron chi connectivity index (χ0n) is 12.2. The Morgan fingerprint density at radius 2 is 1.50 bits per heavy atom. The molecule has 4 rings (SSSR count). The van der Waals surface area contributed by atoms with E-state index in [9.17, 15) is 0 Å². The van der Waals surface area contributed by atoms with Gasteiger partial charge in [0.2, 0.25) is 0 Å². The van der Waals surface area contributed by atoms with E-state index < -0.39 is 0 Å². The van der Waals surface area contributed by atoms with Gasteiger partial charge >= 0.3 is 0 Å². The maximum absolute atomic E-state index is 4.10. The van der Waals surface area contributed by atoms with E-state index in [1.165, 1.54) is 27.7 Å².